The lowest BCUT2D eigenvalue weighted by molar-refractivity contribution is 0.252. The highest BCUT2D eigenvalue weighted by molar-refractivity contribution is 6.31. The van der Waals surface area contributed by atoms with Crippen molar-refractivity contribution in [1.29, 1.82) is 0 Å². The van der Waals surface area contributed by atoms with Crippen LogP contribution in [0.2, 0.25) is 5.02 Å². The standard InChI is InChI=1S/C16H25ClN4/c1-20-7-5-14(6-8-20)21(2)16-9-12(15(17)11-19-16)10-18-13-3-4-13/h9,11,13-14,18H,3-8,10H2,1-2H3. The van der Waals surface area contributed by atoms with Crippen LogP contribution in [0.4, 0.5) is 5.82 Å². The number of nitrogens with one attached hydrogen (secondary N) is 1. The van der Waals surface area contributed by atoms with Crippen LogP contribution in [0.5, 0.6) is 0 Å². The largest absolute Gasteiger partial charge is 0.357 e. The number of hydrogen-bond donors (Lipinski definition) is 1. The Morgan fingerprint density at radius 2 is 2.05 bits per heavy atom. The lowest BCUT2D eigenvalue weighted by atomic mass is 10.0. The fraction of sp³-hybridized carbons (Fsp3) is 0.688. The first-order valence-corrected chi connectivity index (χ1v) is 8.30. The van der Waals surface area contributed by atoms with Crippen LogP contribution in [0.3, 0.4) is 0 Å². The van der Waals surface area contributed by atoms with Crippen LogP contribution < -0.4 is 10.2 Å². The zero-order valence-corrected chi connectivity index (χ0v) is 13.7. The molecule has 1 saturated heterocycles. The summed E-state index contributed by atoms with van der Waals surface area (Å²) in [6.07, 6.45) is 6.79. The maximum absolute atomic E-state index is 6.28. The maximum Gasteiger partial charge on any atom is 0.128 e. The summed E-state index contributed by atoms with van der Waals surface area (Å²) in [5, 5.41) is 4.30. The molecule has 1 aromatic rings. The second kappa shape index (κ2) is 6.51. The van der Waals surface area contributed by atoms with Gasteiger partial charge in [-0.25, -0.2) is 4.98 Å². The van der Waals surface area contributed by atoms with Crippen molar-refractivity contribution < 1.29 is 0 Å². The normalized spacial score (nSPS) is 20.7. The number of halogens is 1. The van der Waals surface area contributed by atoms with Gasteiger partial charge in [-0.1, -0.05) is 11.6 Å². The van der Waals surface area contributed by atoms with Crippen molar-refractivity contribution in [3.05, 3.63) is 22.8 Å². The quantitative estimate of drug-likeness (QED) is 0.906. The summed E-state index contributed by atoms with van der Waals surface area (Å²) < 4.78 is 0. The molecular weight excluding hydrogens is 284 g/mol. The molecule has 116 valence electrons. The number of nitrogens with zero attached hydrogens (tertiary/aromatic N) is 3. The Kier molecular flexibility index (Phi) is 4.67. The number of piperidine rings is 1. The van der Waals surface area contributed by atoms with E-state index < -0.39 is 0 Å². The third-order valence-corrected chi connectivity index (χ3v) is 5.02. The predicted octanol–water partition coefficient (Wildman–Crippen LogP) is 2.52. The van der Waals surface area contributed by atoms with Gasteiger partial charge in [0.2, 0.25) is 0 Å². The van der Waals surface area contributed by atoms with Crippen molar-refractivity contribution in [3.63, 3.8) is 0 Å². The molecule has 1 saturated carbocycles. The van der Waals surface area contributed by atoms with Gasteiger partial charge in [0.15, 0.2) is 0 Å². The molecule has 1 aromatic heterocycles. The molecule has 0 radical (unpaired) electrons. The molecule has 0 spiro atoms. The molecule has 1 aliphatic carbocycles. The van der Waals surface area contributed by atoms with Crippen LogP contribution in [0.1, 0.15) is 31.2 Å². The van der Waals surface area contributed by atoms with Crippen LogP contribution in [0.15, 0.2) is 12.3 Å². The average Bonchev–Trinajstić information content (AvgIpc) is 3.31. The Balaban J connectivity index is 1.67. The second-order valence-electron chi connectivity index (χ2n) is 6.43. The molecule has 0 aromatic carbocycles. The molecule has 2 heterocycles. The van der Waals surface area contributed by atoms with E-state index in [0.29, 0.717) is 12.1 Å². The van der Waals surface area contributed by atoms with E-state index in [-0.39, 0.29) is 0 Å². The van der Waals surface area contributed by atoms with Gasteiger partial charge in [0, 0.05) is 31.9 Å². The molecule has 0 unspecified atom stereocenters. The van der Waals surface area contributed by atoms with Crippen molar-refractivity contribution in [3.8, 4) is 0 Å². The summed E-state index contributed by atoms with van der Waals surface area (Å²) >= 11 is 6.28. The van der Waals surface area contributed by atoms with Gasteiger partial charge in [-0.2, -0.15) is 0 Å². The molecule has 2 aliphatic rings. The summed E-state index contributed by atoms with van der Waals surface area (Å²) in [6.45, 7) is 3.18. The Hall–Kier alpha value is -0.840. The van der Waals surface area contributed by atoms with Crippen LogP contribution >= 0.6 is 11.6 Å². The summed E-state index contributed by atoms with van der Waals surface area (Å²) in [7, 11) is 4.35. The number of anilines is 1. The van der Waals surface area contributed by atoms with Crippen molar-refractivity contribution in [1.82, 2.24) is 15.2 Å². The Morgan fingerprint density at radius 3 is 2.71 bits per heavy atom. The van der Waals surface area contributed by atoms with Gasteiger partial charge in [-0.05, 0) is 57.5 Å². The highest BCUT2D eigenvalue weighted by atomic mass is 35.5. The third-order valence-electron chi connectivity index (χ3n) is 4.68. The van der Waals surface area contributed by atoms with Crippen molar-refractivity contribution >= 4 is 17.4 Å². The van der Waals surface area contributed by atoms with Gasteiger partial charge in [-0.3, -0.25) is 0 Å². The number of aromatic nitrogens is 1. The van der Waals surface area contributed by atoms with E-state index in [1.165, 1.54) is 38.8 Å². The zero-order valence-electron chi connectivity index (χ0n) is 13.0. The number of pyridine rings is 1. The summed E-state index contributed by atoms with van der Waals surface area (Å²) in [5.41, 5.74) is 1.16. The first kappa shape index (κ1) is 15.1. The van der Waals surface area contributed by atoms with Crippen molar-refractivity contribution in [2.24, 2.45) is 0 Å². The summed E-state index contributed by atoms with van der Waals surface area (Å²) in [6, 6.07) is 3.43. The van der Waals surface area contributed by atoms with E-state index >= 15 is 0 Å². The van der Waals surface area contributed by atoms with Gasteiger partial charge < -0.3 is 15.1 Å². The molecule has 0 bridgehead atoms. The monoisotopic (exact) mass is 308 g/mol. The molecule has 0 amide bonds. The van der Waals surface area contributed by atoms with E-state index in [2.05, 4.69) is 40.3 Å². The smallest absolute Gasteiger partial charge is 0.128 e. The maximum atomic E-state index is 6.28. The van der Waals surface area contributed by atoms with Gasteiger partial charge in [0.25, 0.3) is 0 Å². The van der Waals surface area contributed by atoms with Crippen LogP contribution in [-0.4, -0.2) is 49.2 Å². The molecule has 2 fully saturated rings. The van der Waals surface area contributed by atoms with Gasteiger partial charge >= 0.3 is 0 Å². The van der Waals surface area contributed by atoms with Gasteiger partial charge in [0.05, 0.1) is 5.02 Å². The lowest BCUT2D eigenvalue weighted by Gasteiger charge is -2.35. The number of likely N-dealkylation sites (tertiary alicyclic amines) is 1. The molecule has 3 rings (SSSR count). The topological polar surface area (TPSA) is 31.4 Å². The Morgan fingerprint density at radius 1 is 1.33 bits per heavy atom. The van der Waals surface area contributed by atoms with Crippen molar-refractivity contribution in [2.45, 2.75) is 44.3 Å². The van der Waals surface area contributed by atoms with Gasteiger partial charge in [-0.15, -0.1) is 0 Å². The van der Waals surface area contributed by atoms with E-state index in [9.17, 15) is 0 Å². The minimum Gasteiger partial charge on any atom is -0.357 e. The fourth-order valence-electron chi connectivity index (χ4n) is 2.91. The first-order chi connectivity index (χ1) is 10.1. The van der Waals surface area contributed by atoms with E-state index in [4.69, 9.17) is 11.6 Å². The number of hydrogen-bond acceptors (Lipinski definition) is 4. The highest BCUT2D eigenvalue weighted by Gasteiger charge is 2.23. The molecule has 4 nitrogen and oxygen atoms in total. The molecule has 21 heavy (non-hydrogen) atoms. The molecule has 1 N–H and O–H groups in total. The number of rotatable bonds is 5. The van der Waals surface area contributed by atoms with Crippen molar-refractivity contribution in [2.75, 3.05) is 32.1 Å². The zero-order chi connectivity index (χ0) is 14.8. The Labute approximate surface area is 132 Å². The van der Waals surface area contributed by atoms with Crippen LogP contribution in [0, 0.1) is 0 Å². The summed E-state index contributed by atoms with van der Waals surface area (Å²) in [4.78, 5) is 9.25. The minimum absolute atomic E-state index is 0.583. The SMILES string of the molecule is CN1CCC(N(C)c2cc(CNC3CC3)c(Cl)cn2)CC1. The highest BCUT2D eigenvalue weighted by Crippen LogP contribution is 2.25. The molecule has 5 heteroatoms. The summed E-state index contributed by atoms with van der Waals surface area (Å²) in [5.74, 6) is 1.04. The fourth-order valence-corrected chi connectivity index (χ4v) is 3.08. The molecule has 0 atom stereocenters. The van der Waals surface area contributed by atoms with Crippen LogP contribution in [0.25, 0.3) is 0 Å². The van der Waals surface area contributed by atoms with E-state index in [1.54, 1.807) is 6.20 Å². The van der Waals surface area contributed by atoms with Gasteiger partial charge in [0.1, 0.15) is 5.82 Å². The molecule has 1 aliphatic heterocycles. The third kappa shape index (κ3) is 3.87. The molecular formula is C16H25ClN4. The second-order valence-corrected chi connectivity index (χ2v) is 6.84. The van der Waals surface area contributed by atoms with E-state index in [0.717, 1.165) is 22.9 Å². The predicted molar refractivity (Wildman–Crippen MR) is 88.0 cm³/mol. The van der Waals surface area contributed by atoms with E-state index in [1.807, 2.05) is 0 Å². The van der Waals surface area contributed by atoms with Crippen LogP contribution in [-0.2, 0) is 6.54 Å². The first-order valence-electron chi connectivity index (χ1n) is 7.92. The lowest BCUT2D eigenvalue weighted by Crippen LogP contribution is -2.42. The minimum atomic E-state index is 0.583. The Bertz CT molecular complexity index is 481. The average molecular weight is 309 g/mol.